The van der Waals surface area contributed by atoms with Gasteiger partial charge in [0.15, 0.2) is 0 Å². The van der Waals surface area contributed by atoms with Crippen molar-refractivity contribution < 1.29 is 14.6 Å². The van der Waals surface area contributed by atoms with E-state index in [2.05, 4.69) is 15.9 Å². The smallest absolute Gasteiger partial charge is 0.272 e. The summed E-state index contributed by atoms with van der Waals surface area (Å²) in [5.41, 5.74) is 2.16. The molecule has 0 aliphatic carbocycles. The molecule has 0 aliphatic heterocycles. The molecule has 2 aromatic carbocycles. The summed E-state index contributed by atoms with van der Waals surface area (Å²) < 4.78 is 11.7. The molecule has 3 nitrogen and oxygen atoms in total. The maximum Gasteiger partial charge on any atom is 0.272 e. The van der Waals surface area contributed by atoms with Crippen LogP contribution in [0.2, 0.25) is 0 Å². The molecule has 0 fully saturated rings. The average Bonchev–Trinajstić information content (AvgIpc) is 2.47. The first-order valence-electron chi connectivity index (χ1n) is 6.40. The normalized spacial score (nSPS) is 10.5. The second-order valence-corrected chi connectivity index (χ2v) is 5.31. The summed E-state index contributed by atoms with van der Waals surface area (Å²) in [5.74, 6) is 1.17. The Bertz CT molecular complexity index is 555. The summed E-state index contributed by atoms with van der Waals surface area (Å²) in [6, 6.07) is 13.7. The van der Waals surface area contributed by atoms with Gasteiger partial charge < -0.3 is 14.6 Å². The molecule has 0 aliphatic rings. The van der Waals surface area contributed by atoms with E-state index in [1.54, 1.807) is 13.2 Å². The second kappa shape index (κ2) is 7.31. The Morgan fingerprint density at radius 1 is 1.15 bits per heavy atom. The lowest BCUT2D eigenvalue weighted by atomic mass is 10.1. The third-order valence-corrected chi connectivity index (χ3v) is 3.62. The standard InChI is InChI=1S/C16H17BrO3/c1-19-8-7-13-9-14(17)15(18)10-16(13)20-11-12-5-3-2-4-6-12/h2-6,9-10,18H,7-8,11H2,1H3/p+1. The average molecular weight is 338 g/mol. The molecule has 0 spiro atoms. The van der Waals surface area contributed by atoms with Crippen LogP contribution < -0.4 is 4.74 Å². The molecule has 2 aromatic rings. The number of hydrogen-bond acceptors (Lipinski definition) is 2. The first-order valence-corrected chi connectivity index (χ1v) is 7.19. The van der Waals surface area contributed by atoms with Gasteiger partial charge in [-0.25, -0.2) is 0 Å². The lowest BCUT2D eigenvalue weighted by molar-refractivity contribution is 0.200. The van der Waals surface area contributed by atoms with E-state index < -0.39 is 0 Å². The van der Waals surface area contributed by atoms with Crippen molar-refractivity contribution in [3.05, 3.63) is 58.1 Å². The van der Waals surface area contributed by atoms with E-state index >= 15 is 0 Å². The molecule has 106 valence electrons. The van der Waals surface area contributed by atoms with Crippen LogP contribution in [0.4, 0.5) is 0 Å². The first kappa shape index (κ1) is 14.9. The van der Waals surface area contributed by atoms with Crippen molar-refractivity contribution in [1.29, 1.82) is 0 Å². The number of halogens is 1. The molecule has 2 N–H and O–H groups in total. The van der Waals surface area contributed by atoms with Gasteiger partial charge in [0.25, 0.3) is 5.75 Å². The third-order valence-electron chi connectivity index (χ3n) is 2.96. The molecule has 0 saturated heterocycles. The van der Waals surface area contributed by atoms with Crippen molar-refractivity contribution >= 4 is 15.9 Å². The zero-order chi connectivity index (χ0) is 14.4. The van der Waals surface area contributed by atoms with Crippen LogP contribution in [0.25, 0.3) is 0 Å². The minimum Gasteiger partial charge on any atom is -0.592 e. The van der Waals surface area contributed by atoms with Crippen LogP contribution in [0.1, 0.15) is 11.1 Å². The van der Waals surface area contributed by atoms with E-state index in [0.717, 1.165) is 27.8 Å². The number of hydrogen-bond donors (Lipinski definition) is 0. The highest BCUT2D eigenvalue weighted by atomic mass is 79.9. The van der Waals surface area contributed by atoms with Gasteiger partial charge in [-0.2, -0.15) is 0 Å². The van der Waals surface area contributed by atoms with Gasteiger partial charge in [-0.3, -0.25) is 0 Å². The van der Waals surface area contributed by atoms with Gasteiger partial charge in [0, 0.05) is 7.11 Å². The van der Waals surface area contributed by atoms with Crippen molar-refractivity contribution in [3.8, 4) is 11.5 Å². The van der Waals surface area contributed by atoms with E-state index in [-0.39, 0.29) is 0 Å². The molecule has 0 atom stereocenters. The molecule has 0 aromatic heterocycles. The van der Waals surface area contributed by atoms with E-state index in [4.69, 9.17) is 14.6 Å². The summed E-state index contributed by atoms with van der Waals surface area (Å²) in [6.07, 6.45) is 0.763. The van der Waals surface area contributed by atoms with Crippen molar-refractivity contribution in [2.45, 2.75) is 13.0 Å². The summed E-state index contributed by atoms with van der Waals surface area (Å²) in [5, 5.41) is 7.86. The van der Waals surface area contributed by atoms with Gasteiger partial charge in [-0.05, 0) is 39.5 Å². The lowest BCUT2D eigenvalue weighted by Crippen LogP contribution is -2.01. The predicted octanol–water partition coefficient (Wildman–Crippen LogP) is 3.65. The topological polar surface area (TPSA) is 41.4 Å². The van der Waals surface area contributed by atoms with Crippen LogP contribution >= 0.6 is 15.9 Å². The van der Waals surface area contributed by atoms with E-state index in [1.807, 2.05) is 36.4 Å². The monoisotopic (exact) mass is 337 g/mol. The maximum absolute atomic E-state index is 7.86. The van der Waals surface area contributed by atoms with Crippen LogP contribution in [-0.2, 0) is 17.8 Å². The highest BCUT2D eigenvalue weighted by Gasteiger charge is 2.12. The Kier molecular flexibility index (Phi) is 5.44. The molecule has 0 amide bonds. The fourth-order valence-corrected chi connectivity index (χ4v) is 2.26. The molecule has 0 heterocycles. The Labute approximate surface area is 127 Å². The molecule has 0 radical (unpaired) electrons. The van der Waals surface area contributed by atoms with Crippen LogP contribution in [0.15, 0.2) is 46.9 Å². The third kappa shape index (κ3) is 3.99. The number of rotatable bonds is 6. The molecule has 2 rings (SSSR count). The van der Waals surface area contributed by atoms with Crippen LogP contribution in [0.5, 0.6) is 11.5 Å². The Balaban J connectivity index is 2.14. The van der Waals surface area contributed by atoms with Crippen LogP contribution in [0, 0.1) is 0 Å². The Hall–Kier alpha value is -1.52. The largest absolute Gasteiger partial charge is 0.592 e. The van der Waals surface area contributed by atoms with Crippen molar-refractivity contribution in [2.24, 2.45) is 0 Å². The quantitative estimate of drug-likeness (QED) is 0.755. The zero-order valence-corrected chi connectivity index (χ0v) is 12.9. The molecular formula is C16H18BrO3+. The second-order valence-electron chi connectivity index (χ2n) is 4.46. The Morgan fingerprint density at radius 3 is 2.60 bits per heavy atom. The minimum absolute atomic E-state index is 0.425. The van der Waals surface area contributed by atoms with Gasteiger partial charge in [0.1, 0.15) is 16.8 Å². The molecule has 0 saturated carbocycles. The molecular weight excluding hydrogens is 320 g/mol. The first-order chi connectivity index (χ1) is 9.70. The van der Waals surface area contributed by atoms with E-state index in [0.29, 0.717) is 19.0 Å². The zero-order valence-electron chi connectivity index (χ0n) is 11.4. The molecule has 0 unspecified atom stereocenters. The number of benzene rings is 2. The van der Waals surface area contributed by atoms with Crippen LogP contribution in [-0.4, -0.2) is 18.8 Å². The predicted molar refractivity (Wildman–Crippen MR) is 83.6 cm³/mol. The van der Waals surface area contributed by atoms with Gasteiger partial charge >= 0.3 is 0 Å². The number of ether oxygens (including phenoxy) is 2. The molecule has 0 bridgehead atoms. The van der Waals surface area contributed by atoms with E-state index in [9.17, 15) is 0 Å². The van der Waals surface area contributed by atoms with Gasteiger partial charge in [0.2, 0.25) is 0 Å². The summed E-state index contributed by atoms with van der Waals surface area (Å²) in [4.78, 5) is 0. The fourth-order valence-electron chi connectivity index (χ4n) is 1.87. The van der Waals surface area contributed by atoms with Gasteiger partial charge in [-0.1, -0.05) is 30.3 Å². The van der Waals surface area contributed by atoms with E-state index in [1.165, 1.54) is 0 Å². The van der Waals surface area contributed by atoms with Gasteiger partial charge in [-0.15, -0.1) is 0 Å². The minimum atomic E-state index is 0.425. The van der Waals surface area contributed by atoms with Crippen molar-refractivity contribution in [2.75, 3.05) is 13.7 Å². The van der Waals surface area contributed by atoms with Crippen molar-refractivity contribution in [3.63, 3.8) is 0 Å². The lowest BCUT2D eigenvalue weighted by Gasteiger charge is -2.12. The SMILES string of the molecule is COCCc1cc(Br)c([OH2+])cc1OCc1ccccc1. The Morgan fingerprint density at radius 2 is 1.90 bits per heavy atom. The van der Waals surface area contributed by atoms with Crippen LogP contribution in [0.3, 0.4) is 0 Å². The summed E-state index contributed by atoms with van der Waals surface area (Å²) >= 11 is 3.38. The summed E-state index contributed by atoms with van der Waals surface area (Å²) in [6.45, 7) is 1.13. The maximum atomic E-state index is 7.86. The number of methoxy groups -OCH3 is 1. The van der Waals surface area contributed by atoms with Crippen molar-refractivity contribution in [1.82, 2.24) is 0 Å². The molecule has 20 heavy (non-hydrogen) atoms. The van der Waals surface area contributed by atoms with Gasteiger partial charge in [0.05, 0.1) is 12.7 Å². The fraction of sp³-hybridized carbons (Fsp3) is 0.250. The highest BCUT2D eigenvalue weighted by Crippen LogP contribution is 2.32. The molecule has 4 heteroatoms. The summed E-state index contributed by atoms with van der Waals surface area (Å²) in [7, 11) is 1.68. The highest BCUT2D eigenvalue weighted by molar-refractivity contribution is 9.10.